The van der Waals surface area contributed by atoms with Crippen molar-refractivity contribution in [1.29, 1.82) is 0 Å². The third kappa shape index (κ3) is 4.48. The molecule has 0 spiro atoms. The van der Waals surface area contributed by atoms with Crippen LogP contribution in [0.4, 0.5) is 11.4 Å². The van der Waals surface area contributed by atoms with Crippen molar-refractivity contribution in [2.24, 2.45) is 0 Å². The third-order valence-electron chi connectivity index (χ3n) is 6.45. The van der Waals surface area contributed by atoms with E-state index < -0.39 is 0 Å². The average molecular weight is 420 g/mol. The number of carbonyl (C=O) groups excluding carboxylic acids is 3. The first-order valence-electron chi connectivity index (χ1n) is 11.0. The van der Waals surface area contributed by atoms with Crippen LogP contribution in [0.25, 0.3) is 0 Å². The number of nitrogens with one attached hydrogen (secondary N) is 1. The summed E-state index contributed by atoms with van der Waals surface area (Å²) < 4.78 is 0. The fraction of sp³-hybridized carbons (Fsp3) is 0.400. The molecule has 0 aromatic heterocycles. The molecule has 2 aromatic carbocycles. The predicted molar refractivity (Wildman–Crippen MR) is 122 cm³/mol. The molecule has 1 N–H and O–H groups in total. The van der Waals surface area contributed by atoms with Crippen molar-refractivity contribution in [3.8, 4) is 0 Å². The fourth-order valence-electron chi connectivity index (χ4n) is 4.61. The average Bonchev–Trinajstić information content (AvgIpc) is 3.23. The Hall–Kier alpha value is -3.15. The van der Waals surface area contributed by atoms with Gasteiger partial charge < -0.3 is 15.1 Å². The first-order chi connectivity index (χ1) is 14.9. The first-order valence-corrected chi connectivity index (χ1v) is 11.0. The lowest BCUT2D eigenvalue weighted by molar-refractivity contribution is -0.116. The quantitative estimate of drug-likeness (QED) is 0.805. The van der Waals surface area contributed by atoms with Gasteiger partial charge in [0, 0.05) is 49.1 Å². The molecule has 1 aliphatic heterocycles. The Bertz CT molecular complexity index is 994. The summed E-state index contributed by atoms with van der Waals surface area (Å²) in [5.41, 5.74) is 3.73. The van der Waals surface area contributed by atoms with Crippen molar-refractivity contribution >= 4 is 29.1 Å². The van der Waals surface area contributed by atoms with E-state index in [1.807, 2.05) is 24.1 Å². The maximum atomic E-state index is 12.8. The lowest BCUT2D eigenvalue weighted by Crippen LogP contribution is -2.38. The Labute approximate surface area is 183 Å². The van der Waals surface area contributed by atoms with Crippen LogP contribution >= 0.6 is 0 Å². The van der Waals surface area contributed by atoms with E-state index in [1.54, 1.807) is 42.2 Å². The monoisotopic (exact) mass is 419 g/mol. The lowest BCUT2D eigenvalue weighted by atomic mass is 9.94. The Morgan fingerprint density at radius 3 is 2.32 bits per heavy atom. The molecule has 1 aliphatic carbocycles. The maximum Gasteiger partial charge on any atom is 0.255 e. The van der Waals surface area contributed by atoms with Crippen LogP contribution in [0.15, 0.2) is 42.5 Å². The van der Waals surface area contributed by atoms with Gasteiger partial charge in [0.1, 0.15) is 0 Å². The fourth-order valence-corrected chi connectivity index (χ4v) is 4.61. The van der Waals surface area contributed by atoms with Gasteiger partial charge in [0.2, 0.25) is 5.91 Å². The number of carbonyl (C=O) groups is 3. The molecule has 0 saturated heterocycles. The summed E-state index contributed by atoms with van der Waals surface area (Å²) in [5, 5.41) is 2.90. The van der Waals surface area contributed by atoms with Crippen molar-refractivity contribution in [2.45, 2.75) is 51.5 Å². The van der Waals surface area contributed by atoms with Gasteiger partial charge >= 0.3 is 0 Å². The Kier molecular flexibility index (Phi) is 6.07. The molecule has 2 aliphatic rings. The zero-order valence-electron chi connectivity index (χ0n) is 18.2. The first kappa shape index (κ1) is 21.1. The molecule has 0 atom stereocenters. The molecule has 1 saturated carbocycles. The minimum Gasteiger partial charge on any atom is -0.339 e. The molecule has 0 unspecified atom stereocenters. The van der Waals surface area contributed by atoms with Crippen molar-refractivity contribution in [3.63, 3.8) is 0 Å². The molecule has 6 nitrogen and oxygen atoms in total. The summed E-state index contributed by atoms with van der Waals surface area (Å²) in [4.78, 5) is 40.8. The Balaban J connectivity index is 1.40. The van der Waals surface area contributed by atoms with Gasteiger partial charge in [-0.3, -0.25) is 14.4 Å². The van der Waals surface area contributed by atoms with Crippen LogP contribution in [0.2, 0.25) is 0 Å². The second-order valence-electron chi connectivity index (χ2n) is 8.50. The number of fused-ring (bicyclic) bond motifs is 1. The normalized spacial score (nSPS) is 16.0. The highest BCUT2D eigenvalue weighted by Gasteiger charge is 2.24. The van der Waals surface area contributed by atoms with Crippen molar-refractivity contribution < 1.29 is 14.4 Å². The van der Waals surface area contributed by atoms with Gasteiger partial charge in [-0.05, 0) is 67.3 Å². The lowest BCUT2D eigenvalue weighted by Gasteiger charge is -2.31. The number of benzene rings is 2. The summed E-state index contributed by atoms with van der Waals surface area (Å²) in [6.45, 7) is 2.21. The smallest absolute Gasteiger partial charge is 0.255 e. The Morgan fingerprint density at radius 1 is 0.968 bits per heavy atom. The molecule has 162 valence electrons. The van der Waals surface area contributed by atoms with Crippen LogP contribution < -0.4 is 10.2 Å². The van der Waals surface area contributed by atoms with Crippen LogP contribution in [0, 0.1) is 0 Å². The molecule has 2 aromatic rings. The molecule has 1 fully saturated rings. The topological polar surface area (TPSA) is 69.7 Å². The second kappa shape index (κ2) is 8.92. The van der Waals surface area contributed by atoms with E-state index in [0.29, 0.717) is 29.4 Å². The van der Waals surface area contributed by atoms with Gasteiger partial charge in [0.05, 0.1) is 0 Å². The number of anilines is 2. The van der Waals surface area contributed by atoms with E-state index in [9.17, 15) is 14.4 Å². The standard InChI is InChI=1S/C25H29N3O3/c1-17(29)28-15-14-19-16-20(10-13-23(19)28)24(30)26-21-11-8-18(9-12-21)25(31)27(2)22-6-4-3-5-7-22/h8-13,16,22H,3-7,14-15H2,1-2H3,(H,26,30). The SMILES string of the molecule is CC(=O)N1CCc2cc(C(=O)Nc3ccc(C(=O)N(C)C4CCCCC4)cc3)ccc21. The molecule has 31 heavy (non-hydrogen) atoms. The van der Waals surface area contributed by atoms with E-state index in [1.165, 1.54) is 19.3 Å². The largest absolute Gasteiger partial charge is 0.339 e. The molecule has 0 radical (unpaired) electrons. The molecule has 6 heteroatoms. The predicted octanol–water partition coefficient (Wildman–Crippen LogP) is 4.25. The number of hydrogen-bond acceptors (Lipinski definition) is 3. The van der Waals surface area contributed by atoms with E-state index >= 15 is 0 Å². The minimum atomic E-state index is -0.206. The highest BCUT2D eigenvalue weighted by atomic mass is 16.2. The number of hydrogen-bond donors (Lipinski definition) is 1. The third-order valence-corrected chi connectivity index (χ3v) is 6.45. The van der Waals surface area contributed by atoms with Crippen molar-refractivity contribution in [1.82, 2.24) is 4.90 Å². The highest BCUT2D eigenvalue weighted by molar-refractivity contribution is 6.05. The van der Waals surface area contributed by atoms with Gasteiger partial charge in [-0.25, -0.2) is 0 Å². The summed E-state index contributed by atoms with van der Waals surface area (Å²) in [6, 6.07) is 12.8. The second-order valence-corrected chi connectivity index (χ2v) is 8.50. The van der Waals surface area contributed by atoms with E-state index in [0.717, 1.165) is 30.5 Å². The minimum absolute atomic E-state index is 0.0136. The molecule has 3 amide bonds. The zero-order chi connectivity index (χ0) is 22.0. The Morgan fingerprint density at radius 2 is 1.65 bits per heavy atom. The number of rotatable bonds is 4. The summed E-state index contributed by atoms with van der Waals surface area (Å²) in [7, 11) is 1.88. The van der Waals surface area contributed by atoms with E-state index in [4.69, 9.17) is 0 Å². The summed E-state index contributed by atoms with van der Waals surface area (Å²) in [6.07, 6.45) is 6.52. The number of amides is 3. The molecule has 4 rings (SSSR count). The van der Waals surface area contributed by atoms with Crippen LogP contribution in [0.1, 0.15) is 65.3 Å². The highest BCUT2D eigenvalue weighted by Crippen LogP contribution is 2.29. The van der Waals surface area contributed by atoms with Crippen LogP contribution in [-0.2, 0) is 11.2 Å². The van der Waals surface area contributed by atoms with Gasteiger partial charge in [-0.1, -0.05) is 19.3 Å². The van der Waals surface area contributed by atoms with E-state index in [-0.39, 0.29) is 17.7 Å². The molecule has 0 bridgehead atoms. The van der Waals surface area contributed by atoms with Crippen molar-refractivity contribution in [3.05, 3.63) is 59.2 Å². The maximum absolute atomic E-state index is 12.8. The van der Waals surface area contributed by atoms with Gasteiger partial charge in [0.25, 0.3) is 11.8 Å². The summed E-state index contributed by atoms with van der Waals surface area (Å²) >= 11 is 0. The van der Waals surface area contributed by atoms with Crippen LogP contribution in [0.3, 0.4) is 0 Å². The van der Waals surface area contributed by atoms with Crippen LogP contribution in [0.5, 0.6) is 0 Å². The molecular formula is C25H29N3O3. The molecule has 1 heterocycles. The van der Waals surface area contributed by atoms with Gasteiger partial charge in [-0.15, -0.1) is 0 Å². The van der Waals surface area contributed by atoms with Crippen LogP contribution in [-0.4, -0.2) is 42.3 Å². The zero-order valence-corrected chi connectivity index (χ0v) is 18.2. The molecular weight excluding hydrogens is 390 g/mol. The van der Waals surface area contributed by atoms with Gasteiger partial charge in [-0.2, -0.15) is 0 Å². The van der Waals surface area contributed by atoms with Crippen molar-refractivity contribution in [2.75, 3.05) is 23.8 Å². The van der Waals surface area contributed by atoms with Gasteiger partial charge in [0.15, 0.2) is 0 Å². The number of nitrogens with zero attached hydrogens (tertiary/aromatic N) is 2. The van der Waals surface area contributed by atoms with E-state index in [2.05, 4.69) is 5.32 Å². The summed E-state index contributed by atoms with van der Waals surface area (Å²) in [5.74, 6) is -0.166.